The van der Waals surface area contributed by atoms with E-state index in [9.17, 15) is 22.8 Å². The number of carbonyl (C=O) groups is 2. The normalized spacial score (nSPS) is 22.4. The van der Waals surface area contributed by atoms with E-state index in [-0.39, 0.29) is 49.1 Å². The van der Waals surface area contributed by atoms with Crippen molar-refractivity contribution in [3.63, 3.8) is 0 Å². The Morgan fingerprint density at radius 3 is 2.72 bits per heavy atom. The van der Waals surface area contributed by atoms with Gasteiger partial charge in [0, 0.05) is 25.6 Å². The Morgan fingerprint density at radius 1 is 1.38 bits per heavy atom. The van der Waals surface area contributed by atoms with Crippen molar-refractivity contribution >= 4 is 17.5 Å². The summed E-state index contributed by atoms with van der Waals surface area (Å²) in [5.41, 5.74) is -0.943. The Kier molecular flexibility index (Phi) is 6.36. The van der Waals surface area contributed by atoms with E-state index in [1.807, 2.05) is 13.8 Å². The fourth-order valence-electron chi connectivity index (χ4n) is 3.53. The van der Waals surface area contributed by atoms with Crippen LogP contribution in [0.2, 0.25) is 0 Å². The summed E-state index contributed by atoms with van der Waals surface area (Å²) >= 11 is 0. The lowest BCUT2D eigenvalue weighted by molar-refractivity contribution is -0.137. The van der Waals surface area contributed by atoms with E-state index in [0.717, 1.165) is 25.0 Å². The van der Waals surface area contributed by atoms with E-state index in [1.54, 1.807) is 4.90 Å². The molecule has 0 aromatic heterocycles. The standard InChI is InChI=1S/C20H25F3N2O4/c1-12(2)25-10-13(8-18(25)26)19(27)24-16-9-14(20(21,22)23)5-6-17(16)29-11-15-4-3-7-28-15/h5-6,9,12-13,15H,3-4,7-8,10-11H2,1-2H3,(H,24,27)/t13-,15+/m0/s1. The molecule has 0 unspecified atom stereocenters. The van der Waals surface area contributed by atoms with Gasteiger partial charge < -0.3 is 19.7 Å². The summed E-state index contributed by atoms with van der Waals surface area (Å²) in [7, 11) is 0. The first kappa shape index (κ1) is 21.4. The number of ether oxygens (including phenoxy) is 2. The van der Waals surface area contributed by atoms with Crippen LogP contribution in [0, 0.1) is 5.92 Å². The second kappa shape index (κ2) is 8.61. The van der Waals surface area contributed by atoms with Gasteiger partial charge in [-0.05, 0) is 44.9 Å². The van der Waals surface area contributed by atoms with Crippen LogP contribution in [0.1, 0.15) is 38.7 Å². The summed E-state index contributed by atoms with van der Waals surface area (Å²) in [6.07, 6.45) is -2.91. The van der Waals surface area contributed by atoms with E-state index >= 15 is 0 Å². The molecule has 2 saturated heterocycles. The van der Waals surface area contributed by atoms with Gasteiger partial charge in [-0.25, -0.2) is 0 Å². The number of hydrogen-bond donors (Lipinski definition) is 1. The first-order chi connectivity index (χ1) is 13.6. The predicted octanol–water partition coefficient (Wildman–Crippen LogP) is 3.46. The lowest BCUT2D eigenvalue weighted by atomic mass is 10.1. The summed E-state index contributed by atoms with van der Waals surface area (Å²) < 4.78 is 50.5. The number of hydrogen-bond acceptors (Lipinski definition) is 4. The smallest absolute Gasteiger partial charge is 0.416 e. The van der Waals surface area contributed by atoms with E-state index in [1.165, 1.54) is 6.07 Å². The molecule has 1 aromatic rings. The van der Waals surface area contributed by atoms with Gasteiger partial charge >= 0.3 is 6.18 Å². The molecule has 3 rings (SSSR count). The van der Waals surface area contributed by atoms with Gasteiger partial charge in [0.1, 0.15) is 12.4 Å². The van der Waals surface area contributed by atoms with Crippen LogP contribution in [0.3, 0.4) is 0 Å². The topological polar surface area (TPSA) is 67.9 Å². The van der Waals surface area contributed by atoms with Gasteiger partial charge in [0.2, 0.25) is 11.8 Å². The highest BCUT2D eigenvalue weighted by atomic mass is 19.4. The maximum atomic E-state index is 13.1. The lowest BCUT2D eigenvalue weighted by Crippen LogP contribution is -2.33. The Bertz CT molecular complexity index is 761. The maximum Gasteiger partial charge on any atom is 0.416 e. The molecule has 0 radical (unpaired) electrons. The fraction of sp³-hybridized carbons (Fsp3) is 0.600. The lowest BCUT2D eigenvalue weighted by Gasteiger charge is -2.21. The van der Waals surface area contributed by atoms with Gasteiger partial charge in [-0.1, -0.05) is 0 Å². The minimum atomic E-state index is -4.55. The average Bonchev–Trinajstić information content (AvgIpc) is 3.29. The number of amides is 2. The van der Waals surface area contributed by atoms with Gasteiger partial charge in [0.05, 0.1) is 23.3 Å². The number of alkyl halides is 3. The average molecular weight is 414 g/mol. The summed E-state index contributed by atoms with van der Waals surface area (Å²) in [6.45, 7) is 4.77. The van der Waals surface area contributed by atoms with Crippen molar-refractivity contribution in [1.29, 1.82) is 0 Å². The minimum Gasteiger partial charge on any atom is -0.489 e. The van der Waals surface area contributed by atoms with Crippen LogP contribution in [0.25, 0.3) is 0 Å². The molecule has 0 saturated carbocycles. The number of likely N-dealkylation sites (tertiary alicyclic amines) is 1. The molecule has 2 aliphatic heterocycles. The molecule has 0 aliphatic carbocycles. The van der Waals surface area contributed by atoms with Crippen LogP contribution in [-0.4, -0.2) is 48.6 Å². The molecule has 2 fully saturated rings. The molecular weight excluding hydrogens is 389 g/mol. The highest BCUT2D eigenvalue weighted by Crippen LogP contribution is 2.36. The molecule has 1 N–H and O–H groups in total. The molecular formula is C20H25F3N2O4. The molecule has 29 heavy (non-hydrogen) atoms. The summed E-state index contributed by atoms with van der Waals surface area (Å²) in [5, 5.41) is 2.54. The van der Waals surface area contributed by atoms with E-state index in [4.69, 9.17) is 9.47 Å². The van der Waals surface area contributed by atoms with Crippen molar-refractivity contribution in [2.45, 2.75) is 51.4 Å². The van der Waals surface area contributed by atoms with Gasteiger partial charge in [-0.3, -0.25) is 9.59 Å². The van der Waals surface area contributed by atoms with Crippen molar-refractivity contribution in [2.24, 2.45) is 5.92 Å². The molecule has 9 heteroatoms. The number of anilines is 1. The molecule has 2 heterocycles. The highest BCUT2D eigenvalue weighted by molar-refractivity contribution is 5.98. The van der Waals surface area contributed by atoms with Crippen LogP contribution in [0.5, 0.6) is 5.75 Å². The zero-order valence-electron chi connectivity index (χ0n) is 16.4. The molecule has 2 atom stereocenters. The SMILES string of the molecule is CC(C)N1C[C@@H](C(=O)Nc2cc(C(F)(F)F)ccc2OC[C@H]2CCCO2)CC1=O. The Labute approximate surface area is 167 Å². The molecule has 1 aromatic carbocycles. The third-order valence-corrected chi connectivity index (χ3v) is 5.17. The van der Waals surface area contributed by atoms with Gasteiger partial charge in [-0.2, -0.15) is 13.2 Å². The minimum absolute atomic E-state index is 0.0368. The predicted molar refractivity (Wildman–Crippen MR) is 99.5 cm³/mol. The van der Waals surface area contributed by atoms with Gasteiger partial charge in [0.15, 0.2) is 0 Å². The van der Waals surface area contributed by atoms with Crippen molar-refractivity contribution in [3.05, 3.63) is 23.8 Å². The maximum absolute atomic E-state index is 13.1. The van der Waals surface area contributed by atoms with Crippen molar-refractivity contribution < 1.29 is 32.2 Å². The molecule has 0 spiro atoms. The van der Waals surface area contributed by atoms with Crippen molar-refractivity contribution in [2.75, 3.05) is 25.1 Å². The largest absolute Gasteiger partial charge is 0.489 e. The number of halogens is 3. The van der Waals surface area contributed by atoms with Crippen molar-refractivity contribution in [1.82, 2.24) is 4.90 Å². The summed E-state index contributed by atoms with van der Waals surface area (Å²) in [5.74, 6) is -1.11. The van der Waals surface area contributed by atoms with Crippen LogP contribution in [0.4, 0.5) is 18.9 Å². The van der Waals surface area contributed by atoms with E-state index < -0.39 is 23.6 Å². The van der Waals surface area contributed by atoms with Gasteiger partial charge in [-0.15, -0.1) is 0 Å². The van der Waals surface area contributed by atoms with Crippen molar-refractivity contribution in [3.8, 4) is 5.75 Å². The fourth-order valence-corrected chi connectivity index (χ4v) is 3.53. The Hall–Kier alpha value is -2.29. The third-order valence-electron chi connectivity index (χ3n) is 5.17. The van der Waals surface area contributed by atoms with Crippen LogP contribution >= 0.6 is 0 Å². The second-order valence-electron chi connectivity index (χ2n) is 7.68. The number of nitrogens with zero attached hydrogens (tertiary/aromatic N) is 1. The first-order valence-corrected chi connectivity index (χ1v) is 9.71. The molecule has 6 nitrogen and oxygen atoms in total. The number of nitrogens with one attached hydrogen (secondary N) is 1. The van der Waals surface area contributed by atoms with Gasteiger partial charge in [0.25, 0.3) is 0 Å². The number of benzene rings is 1. The zero-order valence-corrected chi connectivity index (χ0v) is 16.4. The number of rotatable bonds is 6. The molecule has 2 amide bonds. The summed E-state index contributed by atoms with van der Waals surface area (Å²) in [6, 6.07) is 2.94. The third kappa shape index (κ3) is 5.20. The van der Waals surface area contributed by atoms with Crippen LogP contribution < -0.4 is 10.1 Å². The second-order valence-corrected chi connectivity index (χ2v) is 7.68. The highest BCUT2D eigenvalue weighted by Gasteiger charge is 2.36. The monoisotopic (exact) mass is 414 g/mol. The first-order valence-electron chi connectivity index (χ1n) is 9.71. The number of carbonyl (C=O) groups excluding carboxylic acids is 2. The summed E-state index contributed by atoms with van der Waals surface area (Å²) in [4.78, 5) is 26.3. The zero-order chi connectivity index (χ0) is 21.2. The molecule has 0 bridgehead atoms. The van der Waals surface area contributed by atoms with Crippen LogP contribution in [0.15, 0.2) is 18.2 Å². The van der Waals surface area contributed by atoms with Crippen LogP contribution in [-0.2, 0) is 20.5 Å². The Balaban J connectivity index is 1.75. The molecule has 2 aliphatic rings. The molecule has 160 valence electrons. The Morgan fingerprint density at radius 2 is 2.14 bits per heavy atom. The van der Waals surface area contributed by atoms with E-state index in [2.05, 4.69) is 5.32 Å². The van der Waals surface area contributed by atoms with E-state index in [0.29, 0.717) is 6.61 Å². The quantitative estimate of drug-likeness (QED) is 0.774.